The van der Waals surface area contributed by atoms with Gasteiger partial charge in [-0.05, 0) is 6.07 Å². The molecule has 4 heteroatoms. The third-order valence-corrected chi connectivity index (χ3v) is 2.27. The zero-order valence-corrected chi connectivity index (χ0v) is 8.53. The third-order valence-electron chi connectivity index (χ3n) is 2.27. The second kappa shape index (κ2) is 3.65. The summed E-state index contributed by atoms with van der Waals surface area (Å²) in [5, 5.41) is 0.807. The molecule has 0 atom stereocenters. The van der Waals surface area contributed by atoms with Crippen LogP contribution in [0.4, 0.5) is 0 Å². The van der Waals surface area contributed by atoms with Crippen molar-refractivity contribution in [3.8, 4) is 5.88 Å². The number of hydrogen-bond acceptors (Lipinski definition) is 3. The van der Waals surface area contributed by atoms with E-state index in [0.717, 1.165) is 10.9 Å². The number of aromatic nitrogens is 1. The molecular formula is C11H11NO3. The predicted molar refractivity (Wildman–Crippen MR) is 56.2 cm³/mol. The van der Waals surface area contributed by atoms with E-state index in [1.165, 1.54) is 14.2 Å². The van der Waals surface area contributed by atoms with E-state index in [4.69, 9.17) is 9.47 Å². The molecule has 0 aliphatic rings. The summed E-state index contributed by atoms with van der Waals surface area (Å²) in [6.07, 6.45) is 0. The van der Waals surface area contributed by atoms with Gasteiger partial charge in [-0.25, -0.2) is 4.79 Å². The van der Waals surface area contributed by atoms with Crippen LogP contribution in [0, 0.1) is 0 Å². The molecule has 1 aromatic heterocycles. The molecule has 0 amide bonds. The summed E-state index contributed by atoms with van der Waals surface area (Å²) in [4.78, 5) is 14.6. The van der Waals surface area contributed by atoms with Gasteiger partial charge in [-0.2, -0.15) is 0 Å². The van der Waals surface area contributed by atoms with Crippen LogP contribution in [0.1, 0.15) is 10.4 Å². The Hall–Kier alpha value is -1.97. The molecule has 0 saturated heterocycles. The van der Waals surface area contributed by atoms with Gasteiger partial charge in [0.2, 0.25) is 5.88 Å². The summed E-state index contributed by atoms with van der Waals surface area (Å²) >= 11 is 0. The standard InChI is InChI=1S/C11H11NO3/c1-14-10-9(11(13)15-2)7-5-3-4-6-8(7)12-10/h3-6,12H,1-2H3. The fraction of sp³-hybridized carbons (Fsp3) is 0.182. The van der Waals surface area contributed by atoms with Gasteiger partial charge in [-0.1, -0.05) is 18.2 Å². The fourth-order valence-corrected chi connectivity index (χ4v) is 1.58. The maximum absolute atomic E-state index is 11.5. The number of fused-ring (bicyclic) bond motifs is 1. The quantitative estimate of drug-likeness (QED) is 0.762. The first-order valence-electron chi connectivity index (χ1n) is 4.51. The minimum Gasteiger partial charge on any atom is -0.482 e. The van der Waals surface area contributed by atoms with Gasteiger partial charge in [0.15, 0.2) is 0 Å². The minimum absolute atomic E-state index is 0.399. The van der Waals surface area contributed by atoms with Crippen LogP contribution in [0.3, 0.4) is 0 Å². The summed E-state index contributed by atoms with van der Waals surface area (Å²) in [6, 6.07) is 7.48. The number of aromatic amines is 1. The zero-order valence-electron chi connectivity index (χ0n) is 8.53. The molecule has 15 heavy (non-hydrogen) atoms. The molecule has 1 heterocycles. The second-order valence-corrected chi connectivity index (χ2v) is 3.07. The largest absolute Gasteiger partial charge is 0.482 e. The van der Waals surface area contributed by atoms with Crippen molar-refractivity contribution in [3.63, 3.8) is 0 Å². The van der Waals surface area contributed by atoms with Crippen molar-refractivity contribution in [2.24, 2.45) is 0 Å². The topological polar surface area (TPSA) is 51.3 Å². The molecule has 0 radical (unpaired) electrons. The van der Waals surface area contributed by atoms with Crippen molar-refractivity contribution in [2.75, 3.05) is 14.2 Å². The number of rotatable bonds is 2. The Morgan fingerprint density at radius 3 is 2.67 bits per heavy atom. The monoisotopic (exact) mass is 205 g/mol. The van der Waals surface area contributed by atoms with E-state index in [9.17, 15) is 4.79 Å². The van der Waals surface area contributed by atoms with Crippen molar-refractivity contribution in [1.82, 2.24) is 4.98 Å². The first-order valence-corrected chi connectivity index (χ1v) is 4.51. The van der Waals surface area contributed by atoms with Gasteiger partial charge in [0.1, 0.15) is 5.56 Å². The average Bonchev–Trinajstić information content (AvgIpc) is 2.66. The molecule has 0 unspecified atom stereocenters. The van der Waals surface area contributed by atoms with Crippen LogP contribution in [0.15, 0.2) is 24.3 Å². The lowest BCUT2D eigenvalue weighted by atomic mass is 10.2. The van der Waals surface area contributed by atoms with Crippen LogP contribution in [0.25, 0.3) is 10.9 Å². The molecule has 2 aromatic rings. The van der Waals surface area contributed by atoms with E-state index in [2.05, 4.69) is 4.98 Å². The van der Waals surface area contributed by atoms with Gasteiger partial charge >= 0.3 is 5.97 Å². The molecule has 2 rings (SSSR count). The maximum atomic E-state index is 11.5. The van der Waals surface area contributed by atoms with E-state index in [0.29, 0.717) is 11.4 Å². The number of hydrogen-bond donors (Lipinski definition) is 1. The molecule has 1 N–H and O–H groups in total. The average molecular weight is 205 g/mol. The molecule has 0 bridgehead atoms. The van der Waals surface area contributed by atoms with Crippen LogP contribution in [0.2, 0.25) is 0 Å². The van der Waals surface area contributed by atoms with Crippen LogP contribution < -0.4 is 4.74 Å². The van der Waals surface area contributed by atoms with Gasteiger partial charge in [0.05, 0.1) is 14.2 Å². The van der Waals surface area contributed by atoms with E-state index in [-0.39, 0.29) is 0 Å². The van der Waals surface area contributed by atoms with Crippen LogP contribution in [0.5, 0.6) is 5.88 Å². The van der Waals surface area contributed by atoms with Crippen molar-refractivity contribution < 1.29 is 14.3 Å². The number of benzene rings is 1. The normalized spacial score (nSPS) is 10.3. The van der Waals surface area contributed by atoms with Gasteiger partial charge in [-0.3, -0.25) is 0 Å². The number of nitrogens with one attached hydrogen (secondary N) is 1. The zero-order chi connectivity index (χ0) is 10.8. The Labute approximate surface area is 86.8 Å². The smallest absolute Gasteiger partial charge is 0.344 e. The molecule has 0 aliphatic heterocycles. The summed E-state index contributed by atoms with van der Waals surface area (Å²) in [7, 11) is 2.86. The molecular weight excluding hydrogens is 194 g/mol. The van der Waals surface area contributed by atoms with Gasteiger partial charge < -0.3 is 14.5 Å². The second-order valence-electron chi connectivity index (χ2n) is 3.07. The Bertz CT molecular complexity index is 502. The molecule has 0 aliphatic carbocycles. The lowest BCUT2D eigenvalue weighted by Crippen LogP contribution is -2.02. The van der Waals surface area contributed by atoms with Crippen molar-refractivity contribution in [2.45, 2.75) is 0 Å². The number of carbonyl (C=O) groups excluding carboxylic acids is 1. The Morgan fingerprint density at radius 1 is 1.27 bits per heavy atom. The minimum atomic E-state index is -0.399. The summed E-state index contributed by atoms with van der Waals surface area (Å²) < 4.78 is 9.80. The van der Waals surface area contributed by atoms with Crippen molar-refractivity contribution in [3.05, 3.63) is 29.8 Å². The lowest BCUT2D eigenvalue weighted by Gasteiger charge is -2.00. The number of carbonyl (C=O) groups is 1. The van der Waals surface area contributed by atoms with Crippen LogP contribution >= 0.6 is 0 Å². The predicted octanol–water partition coefficient (Wildman–Crippen LogP) is 1.96. The highest BCUT2D eigenvalue weighted by Crippen LogP contribution is 2.28. The van der Waals surface area contributed by atoms with Crippen LogP contribution in [-0.4, -0.2) is 25.2 Å². The highest BCUT2D eigenvalue weighted by atomic mass is 16.5. The summed E-state index contributed by atoms with van der Waals surface area (Å²) in [6.45, 7) is 0. The van der Waals surface area contributed by atoms with Crippen LogP contribution in [-0.2, 0) is 4.74 Å². The molecule has 78 valence electrons. The van der Waals surface area contributed by atoms with E-state index < -0.39 is 5.97 Å². The number of H-pyrrole nitrogens is 1. The lowest BCUT2D eigenvalue weighted by molar-refractivity contribution is 0.0599. The van der Waals surface area contributed by atoms with Crippen molar-refractivity contribution >= 4 is 16.9 Å². The SMILES string of the molecule is COC(=O)c1c(OC)[nH]c2ccccc12. The first-order chi connectivity index (χ1) is 7.27. The summed E-state index contributed by atoms with van der Waals surface area (Å²) in [5.41, 5.74) is 1.30. The highest BCUT2D eigenvalue weighted by Gasteiger charge is 2.19. The van der Waals surface area contributed by atoms with E-state index >= 15 is 0 Å². The van der Waals surface area contributed by atoms with E-state index in [1.807, 2.05) is 24.3 Å². The Balaban J connectivity index is 2.72. The molecule has 0 spiro atoms. The number of ether oxygens (including phenoxy) is 2. The number of methoxy groups -OCH3 is 2. The highest BCUT2D eigenvalue weighted by molar-refractivity contribution is 6.06. The first kappa shape index (κ1) is 9.58. The molecule has 0 fully saturated rings. The Morgan fingerprint density at radius 2 is 2.00 bits per heavy atom. The molecule has 4 nitrogen and oxygen atoms in total. The third kappa shape index (κ3) is 1.44. The van der Waals surface area contributed by atoms with E-state index in [1.54, 1.807) is 0 Å². The van der Waals surface area contributed by atoms with Gasteiger partial charge in [-0.15, -0.1) is 0 Å². The summed E-state index contributed by atoms with van der Waals surface area (Å²) in [5.74, 6) is 0.0346. The van der Waals surface area contributed by atoms with Gasteiger partial charge in [0, 0.05) is 10.9 Å². The molecule has 0 saturated carbocycles. The Kier molecular flexibility index (Phi) is 2.33. The van der Waals surface area contributed by atoms with Gasteiger partial charge in [0.25, 0.3) is 0 Å². The number of esters is 1. The molecule has 1 aromatic carbocycles. The number of para-hydroxylation sites is 1. The fourth-order valence-electron chi connectivity index (χ4n) is 1.58. The van der Waals surface area contributed by atoms with Crippen molar-refractivity contribution in [1.29, 1.82) is 0 Å². The maximum Gasteiger partial charge on any atom is 0.344 e.